The van der Waals surface area contributed by atoms with Crippen molar-refractivity contribution in [2.24, 2.45) is 0 Å². The molecule has 0 saturated carbocycles. The van der Waals surface area contributed by atoms with Crippen LogP contribution in [0.5, 0.6) is 0 Å². The largest absolute Gasteiger partial charge is 0.143 e. The molecule has 0 spiro atoms. The maximum absolute atomic E-state index is 2.19. The fourth-order valence-corrected chi connectivity index (χ4v) is 5.30. The van der Waals surface area contributed by atoms with Crippen LogP contribution in [-0.4, -0.2) is 0 Å². The quantitative estimate of drug-likeness (QED) is 0.287. The average Bonchev–Trinajstić information content (AvgIpc) is 3.21. The fourth-order valence-electron chi connectivity index (χ4n) is 2.37. The number of thiophene rings is 3. The molecule has 0 fully saturated rings. The highest BCUT2D eigenvalue weighted by Crippen LogP contribution is 2.32. The van der Waals surface area contributed by atoms with E-state index in [9.17, 15) is 0 Å². The number of fused-ring (bicyclic) bond motifs is 4. The van der Waals surface area contributed by atoms with Crippen molar-refractivity contribution < 1.29 is 0 Å². The number of benzene rings is 2. The third-order valence-corrected chi connectivity index (χ3v) is 6.40. The van der Waals surface area contributed by atoms with Crippen LogP contribution in [0, 0.1) is 0 Å². The Morgan fingerprint density at radius 2 is 0.952 bits per heavy atom. The highest BCUT2D eigenvalue weighted by atomic mass is 32.1. The van der Waals surface area contributed by atoms with Crippen molar-refractivity contribution in [3.63, 3.8) is 0 Å². The van der Waals surface area contributed by atoms with E-state index in [0.717, 1.165) is 0 Å². The third-order valence-electron chi connectivity index (χ3n) is 3.36. The summed E-state index contributed by atoms with van der Waals surface area (Å²) in [5.41, 5.74) is 0. The Bertz CT molecular complexity index is 899. The Balaban J connectivity index is 0.000000123. The smallest absolute Gasteiger partial charge is 0.0450 e. The van der Waals surface area contributed by atoms with Crippen molar-refractivity contribution in [3.8, 4) is 0 Å². The third kappa shape index (κ3) is 2.48. The second kappa shape index (κ2) is 5.60. The summed E-state index contributed by atoms with van der Waals surface area (Å²) in [7, 11) is 0. The second-order valence-electron chi connectivity index (χ2n) is 4.66. The van der Waals surface area contributed by atoms with Gasteiger partial charge in [-0.3, -0.25) is 0 Å². The standard InChI is InChI=1S/C12H8S.C6H4S2/c1-3-7-11-9(5-1)10-6-2-4-8-12(10)13-11;1-3-7-6-2-4-8-5(1)6/h1-8H;1-4H. The summed E-state index contributed by atoms with van der Waals surface area (Å²) in [6.07, 6.45) is 0. The second-order valence-corrected chi connectivity index (χ2v) is 7.64. The first-order valence-corrected chi connectivity index (χ1v) is 9.26. The Labute approximate surface area is 134 Å². The van der Waals surface area contributed by atoms with Gasteiger partial charge in [-0.2, -0.15) is 0 Å². The molecule has 3 heteroatoms. The van der Waals surface area contributed by atoms with E-state index in [-0.39, 0.29) is 0 Å². The molecule has 102 valence electrons. The van der Waals surface area contributed by atoms with Crippen LogP contribution in [0.15, 0.2) is 71.4 Å². The van der Waals surface area contributed by atoms with Gasteiger partial charge in [0.05, 0.1) is 0 Å². The fraction of sp³-hybridized carbons (Fsp3) is 0. The molecule has 0 atom stereocenters. The lowest BCUT2D eigenvalue weighted by Crippen LogP contribution is -1.62. The monoisotopic (exact) mass is 324 g/mol. The number of rotatable bonds is 0. The summed E-state index contributed by atoms with van der Waals surface area (Å²) in [5.74, 6) is 0. The van der Waals surface area contributed by atoms with Gasteiger partial charge < -0.3 is 0 Å². The zero-order valence-corrected chi connectivity index (χ0v) is 13.6. The van der Waals surface area contributed by atoms with Crippen LogP contribution in [0.3, 0.4) is 0 Å². The molecule has 3 aromatic heterocycles. The molecule has 21 heavy (non-hydrogen) atoms. The van der Waals surface area contributed by atoms with Crippen LogP contribution >= 0.6 is 34.0 Å². The predicted molar refractivity (Wildman–Crippen MR) is 99.0 cm³/mol. The van der Waals surface area contributed by atoms with Gasteiger partial charge in [-0.15, -0.1) is 34.0 Å². The zero-order chi connectivity index (χ0) is 14.1. The van der Waals surface area contributed by atoms with E-state index in [1.54, 1.807) is 22.7 Å². The van der Waals surface area contributed by atoms with Crippen LogP contribution < -0.4 is 0 Å². The lowest BCUT2D eigenvalue weighted by Gasteiger charge is -1.88. The predicted octanol–water partition coefficient (Wildman–Crippen LogP) is 7.02. The molecule has 2 aromatic carbocycles. The minimum absolute atomic E-state index is 1.38. The molecule has 3 heterocycles. The Morgan fingerprint density at radius 1 is 0.476 bits per heavy atom. The maximum Gasteiger partial charge on any atom is 0.0450 e. The normalized spacial score (nSPS) is 10.9. The van der Waals surface area contributed by atoms with E-state index in [2.05, 4.69) is 71.4 Å². The molecule has 0 radical (unpaired) electrons. The van der Waals surface area contributed by atoms with Crippen LogP contribution in [0.1, 0.15) is 0 Å². The highest BCUT2D eigenvalue weighted by molar-refractivity contribution is 7.26. The van der Waals surface area contributed by atoms with Crippen molar-refractivity contribution >= 4 is 63.6 Å². The van der Waals surface area contributed by atoms with E-state index in [0.29, 0.717) is 0 Å². The minimum atomic E-state index is 1.38. The van der Waals surface area contributed by atoms with Gasteiger partial charge in [0.15, 0.2) is 0 Å². The van der Waals surface area contributed by atoms with Crippen molar-refractivity contribution in [2.75, 3.05) is 0 Å². The van der Waals surface area contributed by atoms with Gasteiger partial charge in [-0.25, -0.2) is 0 Å². The van der Waals surface area contributed by atoms with E-state index in [1.165, 1.54) is 29.6 Å². The Morgan fingerprint density at radius 3 is 1.48 bits per heavy atom. The first-order valence-electron chi connectivity index (χ1n) is 6.69. The van der Waals surface area contributed by atoms with Crippen molar-refractivity contribution in [3.05, 3.63) is 71.4 Å². The van der Waals surface area contributed by atoms with Gasteiger partial charge in [0, 0.05) is 29.6 Å². The SMILES string of the molecule is c1cc2sccc2s1.c1ccc2c(c1)sc1ccccc12. The molecule has 0 aliphatic rings. The van der Waals surface area contributed by atoms with Crippen molar-refractivity contribution in [2.45, 2.75) is 0 Å². The molecule has 0 aliphatic carbocycles. The number of hydrogen-bond donors (Lipinski definition) is 0. The number of hydrogen-bond acceptors (Lipinski definition) is 3. The van der Waals surface area contributed by atoms with E-state index < -0.39 is 0 Å². The molecule has 5 aromatic rings. The van der Waals surface area contributed by atoms with Crippen LogP contribution in [0.25, 0.3) is 29.6 Å². The first kappa shape index (κ1) is 13.0. The lowest BCUT2D eigenvalue weighted by molar-refractivity contribution is 1.84. The van der Waals surface area contributed by atoms with Crippen LogP contribution in [0.2, 0.25) is 0 Å². The van der Waals surface area contributed by atoms with Gasteiger partial charge >= 0.3 is 0 Å². The molecular weight excluding hydrogens is 312 g/mol. The maximum atomic E-state index is 2.19. The Kier molecular flexibility index (Phi) is 3.47. The average molecular weight is 324 g/mol. The van der Waals surface area contributed by atoms with E-state index >= 15 is 0 Å². The summed E-state index contributed by atoms with van der Waals surface area (Å²) >= 11 is 5.47. The molecule has 5 rings (SSSR count). The van der Waals surface area contributed by atoms with E-state index in [4.69, 9.17) is 0 Å². The van der Waals surface area contributed by atoms with Crippen LogP contribution in [0.4, 0.5) is 0 Å². The lowest BCUT2D eigenvalue weighted by atomic mass is 10.2. The van der Waals surface area contributed by atoms with Gasteiger partial charge in [-0.1, -0.05) is 36.4 Å². The van der Waals surface area contributed by atoms with Crippen molar-refractivity contribution in [1.29, 1.82) is 0 Å². The van der Waals surface area contributed by atoms with Gasteiger partial charge in [-0.05, 0) is 35.0 Å². The minimum Gasteiger partial charge on any atom is -0.143 e. The summed E-state index contributed by atoms with van der Waals surface area (Å²) in [6, 6.07) is 21.4. The molecule has 0 saturated heterocycles. The summed E-state index contributed by atoms with van der Waals surface area (Å²) in [4.78, 5) is 0. The first-order chi connectivity index (χ1) is 10.4. The molecule has 0 amide bonds. The highest BCUT2D eigenvalue weighted by Gasteiger charge is 2.01. The topological polar surface area (TPSA) is 0 Å². The molecule has 0 aliphatic heterocycles. The molecule has 0 nitrogen and oxygen atoms in total. The molecule has 0 unspecified atom stereocenters. The molecular formula is C18H12S3. The van der Waals surface area contributed by atoms with Gasteiger partial charge in [0.2, 0.25) is 0 Å². The summed E-state index contributed by atoms with van der Waals surface area (Å²) < 4.78 is 5.58. The zero-order valence-electron chi connectivity index (χ0n) is 11.2. The summed E-state index contributed by atoms with van der Waals surface area (Å²) in [6.45, 7) is 0. The van der Waals surface area contributed by atoms with Gasteiger partial charge in [0.1, 0.15) is 0 Å². The van der Waals surface area contributed by atoms with E-state index in [1.807, 2.05) is 11.3 Å². The summed E-state index contributed by atoms with van der Waals surface area (Å²) in [5, 5.41) is 7.01. The molecule has 0 N–H and O–H groups in total. The van der Waals surface area contributed by atoms with Crippen molar-refractivity contribution in [1.82, 2.24) is 0 Å². The Hall–Kier alpha value is -1.68. The molecule has 0 bridgehead atoms. The van der Waals surface area contributed by atoms with Gasteiger partial charge in [0.25, 0.3) is 0 Å². The van der Waals surface area contributed by atoms with Crippen LogP contribution in [-0.2, 0) is 0 Å².